The molecule has 0 aliphatic heterocycles. The van der Waals surface area contributed by atoms with Crippen LogP contribution in [0.3, 0.4) is 0 Å². The van der Waals surface area contributed by atoms with Crippen LogP contribution in [0.25, 0.3) is 0 Å². The van der Waals surface area contributed by atoms with Crippen molar-refractivity contribution in [3.05, 3.63) is 0 Å². The molecule has 1 unspecified atom stereocenters. The topological polar surface area (TPSA) is 35.2 Å². The average molecular weight is 346 g/mol. The number of methoxy groups -OCH3 is 1. The number of rotatable bonds is 19. The predicted octanol–water partition coefficient (Wildman–Crippen LogP) is 6.17. The van der Waals surface area contributed by atoms with E-state index in [4.69, 9.17) is 10.5 Å². The Kier molecular flexibility index (Phi) is 20.6. The van der Waals surface area contributed by atoms with Gasteiger partial charge in [-0.2, -0.15) is 11.8 Å². The van der Waals surface area contributed by atoms with Crippen molar-refractivity contribution in [2.75, 3.05) is 25.2 Å². The Bertz CT molecular complexity index is 210. The van der Waals surface area contributed by atoms with Crippen LogP contribution in [0, 0.1) is 0 Å². The molecule has 0 saturated carbocycles. The molecule has 0 fully saturated rings. The molecule has 0 aromatic rings. The minimum absolute atomic E-state index is 0.242. The van der Waals surface area contributed by atoms with Gasteiger partial charge < -0.3 is 10.5 Å². The molecule has 0 aliphatic carbocycles. The molecular formula is C20H43NOS. The highest BCUT2D eigenvalue weighted by atomic mass is 32.2. The third-order valence-corrected chi connectivity index (χ3v) is 5.73. The van der Waals surface area contributed by atoms with Gasteiger partial charge in [-0.05, 0) is 12.2 Å². The molecule has 3 heteroatoms. The fourth-order valence-electron chi connectivity index (χ4n) is 2.85. The molecule has 0 saturated heterocycles. The van der Waals surface area contributed by atoms with E-state index >= 15 is 0 Å². The van der Waals surface area contributed by atoms with Gasteiger partial charge in [0.25, 0.3) is 0 Å². The first-order valence-electron chi connectivity index (χ1n) is 10.2. The average Bonchev–Trinajstić information content (AvgIpc) is 2.58. The summed E-state index contributed by atoms with van der Waals surface area (Å²) < 4.78 is 5.28. The van der Waals surface area contributed by atoms with Crippen LogP contribution in [0.2, 0.25) is 0 Å². The highest BCUT2D eigenvalue weighted by Crippen LogP contribution is 2.14. The van der Waals surface area contributed by atoms with Crippen molar-refractivity contribution in [3.8, 4) is 0 Å². The Morgan fingerprint density at radius 1 is 0.739 bits per heavy atom. The lowest BCUT2D eigenvalue weighted by Crippen LogP contribution is -2.24. The summed E-state index contributed by atoms with van der Waals surface area (Å²) >= 11 is 1.99. The second-order valence-corrected chi connectivity index (χ2v) is 7.91. The van der Waals surface area contributed by atoms with Crippen molar-refractivity contribution >= 4 is 11.8 Å². The molecular weight excluding hydrogens is 302 g/mol. The van der Waals surface area contributed by atoms with Crippen LogP contribution in [-0.2, 0) is 4.74 Å². The third-order valence-electron chi connectivity index (χ3n) is 4.54. The molecule has 2 N–H and O–H groups in total. The van der Waals surface area contributed by atoms with Crippen molar-refractivity contribution < 1.29 is 4.74 Å². The minimum Gasteiger partial charge on any atom is -0.379 e. The van der Waals surface area contributed by atoms with E-state index in [0.29, 0.717) is 6.54 Å². The first-order chi connectivity index (χ1) is 11.3. The largest absolute Gasteiger partial charge is 0.379 e. The highest BCUT2D eigenvalue weighted by Gasteiger charge is 2.03. The quantitative estimate of drug-likeness (QED) is 0.284. The minimum atomic E-state index is 0.242. The fourth-order valence-corrected chi connectivity index (χ4v) is 3.96. The SMILES string of the molecule is CCCCCCCCCCCCCCCCSCC(CN)OC. The smallest absolute Gasteiger partial charge is 0.0783 e. The van der Waals surface area contributed by atoms with Crippen LogP contribution >= 0.6 is 11.8 Å². The lowest BCUT2D eigenvalue weighted by molar-refractivity contribution is 0.129. The normalized spacial score (nSPS) is 12.7. The maximum absolute atomic E-state index is 5.61. The van der Waals surface area contributed by atoms with E-state index in [0.717, 1.165) is 5.75 Å². The molecule has 0 spiro atoms. The van der Waals surface area contributed by atoms with Gasteiger partial charge >= 0.3 is 0 Å². The monoisotopic (exact) mass is 345 g/mol. The molecule has 23 heavy (non-hydrogen) atoms. The van der Waals surface area contributed by atoms with E-state index in [1.165, 1.54) is 95.6 Å². The summed E-state index contributed by atoms with van der Waals surface area (Å²) in [6.07, 6.45) is 20.3. The third kappa shape index (κ3) is 18.4. The Morgan fingerprint density at radius 3 is 1.57 bits per heavy atom. The maximum atomic E-state index is 5.61. The Labute approximate surface area is 150 Å². The van der Waals surface area contributed by atoms with Crippen LogP contribution in [0.1, 0.15) is 96.8 Å². The van der Waals surface area contributed by atoms with Gasteiger partial charge in [-0.1, -0.05) is 90.4 Å². The summed E-state index contributed by atoms with van der Waals surface area (Å²) in [4.78, 5) is 0. The number of hydrogen-bond acceptors (Lipinski definition) is 3. The van der Waals surface area contributed by atoms with Crippen molar-refractivity contribution in [2.45, 2.75) is 103 Å². The van der Waals surface area contributed by atoms with Crippen molar-refractivity contribution in [3.63, 3.8) is 0 Å². The summed E-state index contributed by atoms with van der Waals surface area (Å²) in [6.45, 7) is 2.93. The number of ether oxygens (including phenoxy) is 1. The summed E-state index contributed by atoms with van der Waals surface area (Å²) in [5.74, 6) is 2.31. The van der Waals surface area contributed by atoms with E-state index in [9.17, 15) is 0 Å². The van der Waals surface area contributed by atoms with Gasteiger partial charge in [0.05, 0.1) is 6.10 Å². The van der Waals surface area contributed by atoms with Crippen LogP contribution < -0.4 is 5.73 Å². The Hall–Kier alpha value is 0.270. The number of hydrogen-bond donors (Lipinski definition) is 1. The maximum Gasteiger partial charge on any atom is 0.0783 e. The van der Waals surface area contributed by atoms with E-state index in [1.807, 2.05) is 11.8 Å². The van der Waals surface area contributed by atoms with E-state index < -0.39 is 0 Å². The van der Waals surface area contributed by atoms with Gasteiger partial charge in [0, 0.05) is 19.4 Å². The zero-order chi connectivity index (χ0) is 17.0. The molecule has 0 aromatic heterocycles. The van der Waals surface area contributed by atoms with Crippen molar-refractivity contribution in [1.82, 2.24) is 0 Å². The lowest BCUT2D eigenvalue weighted by atomic mass is 10.0. The zero-order valence-electron chi connectivity index (χ0n) is 16.0. The molecule has 0 radical (unpaired) electrons. The summed E-state index contributed by atoms with van der Waals surface area (Å²) in [5.41, 5.74) is 5.61. The molecule has 0 rings (SSSR count). The number of thioether (sulfide) groups is 1. The first kappa shape index (κ1) is 23.3. The first-order valence-corrected chi connectivity index (χ1v) is 11.3. The van der Waals surface area contributed by atoms with Gasteiger partial charge in [0.15, 0.2) is 0 Å². The van der Waals surface area contributed by atoms with Crippen molar-refractivity contribution in [2.24, 2.45) is 5.73 Å². The zero-order valence-corrected chi connectivity index (χ0v) is 16.8. The number of unbranched alkanes of at least 4 members (excludes halogenated alkanes) is 13. The summed E-state index contributed by atoms with van der Waals surface area (Å²) in [6, 6.07) is 0. The standard InChI is InChI=1S/C20H43NOS/c1-3-4-5-6-7-8-9-10-11-12-13-14-15-16-17-23-19-20(18-21)22-2/h20H,3-19,21H2,1-2H3. The van der Waals surface area contributed by atoms with Gasteiger partial charge in [-0.3, -0.25) is 0 Å². The van der Waals surface area contributed by atoms with Crippen LogP contribution in [0.15, 0.2) is 0 Å². The van der Waals surface area contributed by atoms with E-state index in [2.05, 4.69) is 6.92 Å². The Balaban J connectivity index is 3.02. The molecule has 0 aromatic carbocycles. The molecule has 140 valence electrons. The summed E-state index contributed by atoms with van der Waals surface area (Å²) in [5, 5.41) is 0. The molecule has 2 nitrogen and oxygen atoms in total. The molecule has 1 atom stereocenters. The molecule has 0 amide bonds. The molecule has 0 heterocycles. The van der Waals surface area contributed by atoms with E-state index in [1.54, 1.807) is 7.11 Å². The van der Waals surface area contributed by atoms with Gasteiger partial charge in [-0.25, -0.2) is 0 Å². The van der Waals surface area contributed by atoms with Crippen LogP contribution in [-0.4, -0.2) is 31.3 Å². The van der Waals surface area contributed by atoms with Gasteiger partial charge in [0.1, 0.15) is 0 Å². The second-order valence-electron chi connectivity index (χ2n) is 6.76. The van der Waals surface area contributed by atoms with Gasteiger partial charge in [-0.15, -0.1) is 0 Å². The lowest BCUT2D eigenvalue weighted by Gasteiger charge is -2.11. The second kappa shape index (κ2) is 20.3. The van der Waals surface area contributed by atoms with Crippen molar-refractivity contribution in [1.29, 1.82) is 0 Å². The van der Waals surface area contributed by atoms with Crippen LogP contribution in [0.5, 0.6) is 0 Å². The summed E-state index contributed by atoms with van der Waals surface area (Å²) in [7, 11) is 1.75. The molecule has 0 aliphatic rings. The van der Waals surface area contributed by atoms with E-state index in [-0.39, 0.29) is 6.10 Å². The fraction of sp³-hybridized carbons (Fsp3) is 1.00. The predicted molar refractivity (Wildman–Crippen MR) is 107 cm³/mol. The van der Waals surface area contributed by atoms with Crippen LogP contribution in [0.4, 0.5) is 0 Å². The number of nitrogens with two attached hydrogens (primary N) is 1. The highest BCUT2D eigenvalue weighted by molar-refractivity contribution is 7.99. The molecule has 0 bridgehead atoms. The Morgan fingerprint density at radius 2 is 1.17 bits per heavy atom. The van der Waals surface area contributed by atoms with Gasteiger partial charge in [0.2, 0.25) is 0 Å².